The minimum absolute atomic E-state index is 0.977. The van der Waals surface area contributed by atoms with E-state index in [4.69, 9.17) is 0 Å². The molecule has 1 aliphatic rings. The molecule has 0 atom stereocenters. The molecule has 0 spiro atoms. The van der Waals surface area contributed by atoms with Crippen LogP contribution in [0.4, 0.5) is 0 Å². The number of hydrogen-bond acceptors (Lipinski definition) is 2. The van der Waals surface area contributed by atoms with Crippen molar-refractivity contribution >= 4 is 5.71 Å². The first-order valence-corrected chi connectivity index (χ1v) is 3.28. The summed E-state index contributed by atoms with van der Waals surface area (Å²) in [5.74, 6) is 0. The SMILES string of the molecule is C=C1C(C)=CC(C)=NN1C. The lowest BCUT2D eigenvalue weighted by atomic mass is 10.1. The van der Waals surface area contributed by atoms with Crippen LogP contribution in [0.25, 0.3) is 0 Å². The summed E-state index contributed by atoms with van der Waals surface area (Å²) in [7, 11) is 1.91. The van der Waals surface area contributed by atoms with Crippen LogP contribution in [0.1, 0.15) is 13.8 Å². The van der Waals surface area contributed by atoms with E-state index in [-0.39, 0.29) is 0 Å². The largest absolute Gasteiger partial charge is 0.269 e. The lowest BCUT2D eigenvalue weighted by Crippen LogP contribution is -2.16. The van der Waals surface area contributed by atoms with Crippen molar-refractivity contribution in [2.75, 3.05) is 7.05 Å². The highest BCUT2D eigenvalue weighted by Crippen LogP contribution is 2.15. The van der Waals surface area contributed by atoms with Gasteiger partial charge in [0.15, 0.2) is 0 Å². The Balaban J connectivity index is 2.95. The average molecular weight is 136 g/mol. The van der Waals surface area contributed by atoms with Gasteiger partial charge in [-0.25, -0.2) is 0 Å². The van der Waals surface area contributed by atoms with Crippen LogP contribution in [-0.4, -0.2) is 17.8 Å². The highest BCUT2D eigenvalue weighted by atomic mass is 15.4. The number of hydrogen-bond donors (Lipinski definition) is 0. The van der Waals surface area contributed by atoms with E-state index in [0.29, 0.717) is 0 Å². The Morgan fingerprint density at radius 1 is 1.50 bits per heavy atom. The number of likely N-dealkylation sites (N-methyl/N-ethyl adjacent to an activating group) is 1. The van der Waals surface area contributed by atoms with Crippen LogP contribution >= 0.6 is 0 Å². The maximum Gasteiger partial charge on any atom is 0.0582 e. The molecule has 1 heterocycles. The van der Waals surface area contributed by atoms with E-state index in [2.05, 4.69) is 11.7 Å². The van der Waals surface area contributed by atoms with Gasteiger partial charge >= 0.3 is 0 Å². The van der Waals surface area contributed by atoms with Gasteiger partial charge in [0.2, 0.25) is 0 Å². The number of hydrazone groups is 1. The Morgan fingerprint density at radius 3 is 2.60 bits per heavy atom. The van der Waals surface area contributed by atoms with Gasteiger partial charge in [-0.1, -0.05) is 6.58 Å². The van der Waals surface area contributed by atoms with Gasteiger partial charge in [0.05, 0.1) is 11.4 Å². The summed E-state index contributed by atoms with van der Waals surface area (Å²) in [4.78, 5) is 0. The van der Waals surface area contributed by atoms with E-state index in [1.807, 2.05) is 27.0 Å². The molecule has 0 aromatic rings. The quantitative estimate of drug-likeness (QED) is 0.495. The molecule has 2 nitrogen and oxygen atoms in total. The summed E-state index contributed by atoms with van der Waals surface area (Å²) in [5, 5.41) is 5.98. The third-order valence-electron chi connectivity index (χ3n) is 1.58. The van der Waals surface area contributed by atoms with Gasteiger partial charge in [0, 0.05) is 7.05 Å². The molecule has 0 saturated heterocycles. The summed E-state index contributed by atoms with van der Waals surface area (Å²) < 4.78 is 0. The molecule has 0 unspecified atom stereocenters. The van der Waals surface area contributed by atoms with Gasteiger partial charge in [-0.05, 0) is 25.5 Å². The summed E-state index contributed by atoms with van der Waals surface area (Å²) in [6.45, 7) is 7.88. The normalized spacial score (nSPS) is 18.7. The van der Waals surface area contributed by atoms with Gasteiger partial charge in [-0.15, -0.1) is 0 Å². The van der Waals surface area contributed by atoms with Gasteiger partial charge in [-0.3, -0.25) is 5.01 Å². The van der Waals surface area contributed by atoms with Crippen LogP contribution in [0, 0.1) is 0 Å². The smallest absolute Gasteiger partial charge is 0.0582 e. The van der Waals surface area contributed by atoms with Crippen molar-refractivity contribution in [3.05, 3.63) is 23.9 Å². The highest BCUT2D eigenvalue weighted by Gasteiger charge is 2.07. The maximum absolute atomic E-state index is 4.19. The Morgan fingerprint density at radius 2 is 2.10 bits per heavy atom. The van der Waals surface area contributed by atoms with Crippen LogP contribution in [0.2, 0.25) is 0 Å². The van der Waals surface area contributed by atoms with Crippen molar-refractivity contribution in [1.29, 1.82) is 0 Å². The van der Waals surface area contributed by atoms with Gasteiger partial charge < -0.3 is 0 Å². The van der Waals surface area contributed by atoms with E-state index in [9.17, 15) is 0 Å². The van der Waals surface area contributed by atoms with Gasteiger partial charge in [0.25, 0.3) is 0 Å². The third kappa shape index (κ3) is 1.10. The first-order chi connectivity index (χ1) is 4.61. The number of rotatable bonds is 0. The molecule has 1 rings (SSSR count). The molecule has 54 valence electrons. The first kappa shape index (κ1) is 7.06. The maximum atomic E-state index is 4.19. The second-order valence-electron chi connectivity index (χ2n) is 2.54. The predicted octanol–water partition coefficient (Wildman–Crippen LogP) is 1.77. The Kier molecular flexibility index (Phi) is 1.62. The van der Waals surface area contributed by atoms with Crippen LogP contribution in [0.5, 0.6) is 0 Å². The molecule has 0 aliphatic carbocycles. The predicted molar refractivity (Wildman–Crippen MR) is 43.8 cm³/mol. The van der Waals surface area contributed by atoms with Gasteiger partial charge in [0.1, 0.15) is 0 Å². The standard InChI is InChI=1S/C8H12N2/c1-6-5-7(2)9-10(4)8(6)3/h5H,3H2,1-2,4H3. The molecule has 0 amide bonds. The minimum Gasteiger partial charge on any atom is -0.269 e. The van der Waals surface area contributed by atoms with Crippen molar-refractivity contribution in [2.24, 2.45) is 5.10 Å². The van der Waals surface area contributed by atoms with Gasteiger partial charge in [-0.2, -0.15) is 5.10 Å². The molecule has 2 heteroatoms. The fourth-order valence-electron chi connectivity index (χ4n) is 0.978. The third-order valence-corrected chi connectivity index (χ3v) is 1.58. The van der Waals surface area contributed by atoms with Crippen LogP contribution in [0.3, 0.4) is 0 Å². The first-order valence-electron chi connectivity index (χ1n) is 3.28. The molecule has 0 radical (unpaired) electrons. The second-order valence-corrected chi connectivity index (χ2v) is 2.54. The zero-order chi connectivity index (χ0) is 7.72. The van der Waals surface area contributed by atoms with E-state index < -0.39 is 0 Å². The zero-order valence-corrected chi connectivity index (χ0v) is 6.68. The summed E-state index contributed by atoms with van der Waals surface area (Å²) in [6, 6.07) is 0. The van der Waals surface area contributed by atoms with E-state index in [0.717, 1.165) is 11.4 Å². The monoisotopic (exact) mass is 136 g/mol. The molecule has 0 saturated carbocycles. The number of nitrogens with zero attached hydrogens (tertiary/aromatic N) is 2. The van der Waals surface area contributed by atoms with Crippen molar-refractivity contribution in [3.8, 4) is 0 Å². The minimum atomic E-state index is 0.977. The fourth-order valence-corrected chi connectivity index (χ4v) is 0.978. The van der Waals surface area contributed by atoms with E-state index >= 15 is 0 Å². The Bertz CT molecular complexity index is 223. The second kappa shape index (κ2) is 2.29. The van der Waals surface area contributed by atoms with Crippen molar-refractivity contribution in [1.82, 2.24) is 5.01 Å². The lowest BCUT2D eigenvalue weighted by Gasteiger charge is -2.21. The molecular formula is C8H12N2. The van der Waals surface area contributed by atoms with Crippen LogP contribution in [-0.2, 0) is 0 Å². The average Bonchev–Trinajstić information content (AvgIpc) is 1.82. The zero-order valence-electron chi connectivity index (χ0n) is 6.68. The molecule has 0 N–H and O–H groups in total. The van der Waals surface area contributed by atoms with Crippen molar-refractivity contribution in [3.63, 3.8) is 0 Å². The topological polar surface area (TPSA) is 15.6 Å². The molecular weight excluding hydrogens is 124 g/mol. The van der Waals surface area contributed by atoms with Crippen molar-refractivity contribution < 1.29 is 0 Å². The summed E-state index contributed by atoms with van der Waals surface area (Å²) >= 11 is 0. The summed E-state index contributed by atoms with van der Waals surface area (Å²) in [5.41, 5.74) is 3.20. The Labute approximate surface area is 61.5 Å². The highest BCUT2D eigenvalue weighted by molar-refractivity contribution is 5.94. The van der Waals surface area contributed by atoms with E-state index in [1.165, 1.54) is 5.57 Å². The Hall–Kier alpha value is -1.05. The van der Waals surface area contributed by atoms with E-state index in [1.54, 1.807) is 5.01 Å². The molecule has 0 aromatic carbocycles. The molecule has 0 aromatic heterocycles. The number of allylic oxidation sites excluding steroid dienone is 2. The van der Waals surface area contributed by atoms with Crippen LogP contribution in [0.15, 0.2) is 29.0 Å². The summed E-state index contributed by atoms with van der Waals surface area (Å²) in [6.07, 6.45) is 2.03. The van der Waals surface area contributed by atoms with Crippen LogP contribution < -0.4 is 0 Å². The lowest BCUT2D eigenvalue weighted by molar-refractivity contribution is 0.452. The molecule has 1 aliphatic heterocycles. The molecule has 10 heavy (non-hydrogen) atoms. The van der Waals surface area contributed by atoms with Crippen molar-refractivity contribution in [2.45, 2.75) is 13.8 Å². The molecule has 0 bridgehead atoms. The molecule has 0 fully saturated rings. The fraction of sp³-hybridized carbons (Fsp3) is 0.375.